The van der Waals surface area contributed by atoms with E-state index in [1.165, 1.54) is 0 Å². The standard InChI is InChI=1S/C40H66N16O17/c41-17(1-9-25(42)57)33(65)50-18(2-10-26(43)58)34(66)51-19(3-11-27(44)59)35(67)52-20(4-12-28(45)60)36(68)53-21(5-13-29(46)61)37(69)54-22(6-14-30(47)62)38(70)55-23(7-15-31(48)63)39(71)56-24(40(72)73)8-16-32(49)64/h17-24H,1-16,41H2,(H2,42,57)(H2,43,58)(H2,44,59)(H2,45,60)(H2,46,61)(H2,47,62)(H2,48,63)(H2,49,64)(H,50,65)(H,51,66)(H,52,67)(H,53,68)(H,54,69)(H,55,70)(H,56,71)(H,72,73)/t17-,18-,19-,20-,21-,22-,23-,24-/m0/s1/i19+1,35+1. The molecule has 0 aliphatic rings. The second-order valence-electron chi connectivity index (χ2n) is 16.4. The van der Waals surface area contributed by atoms with Gasteiger partial charge in [0.2, 0.25) is 88.6 Å². The van der Waals surface area contributed by atoms with Gasteiger partial charge in [0, 0.05) is 51.4 Å². The maximum Gasteiger partial charge on any atom is 0.326 e. The maximum atomic E-state index is 13.9. The van der Waals surface area contributed by atoms with E-state index in [9.17, 15) is 81.8 Å². The molecule has 0 aromatic heterocycles. The van der Waals surface area contributed by atoms with Gasteiger partial charge in [0.25, 0.3) is 0 Å². The predicted molar refractivity (Wildman–Crippen MR) is 247 cm³/mol. The van der Waals surface area contributed by atoms with Crippen LogP contribution in [0.25, 0.3) is 0 Å². The topological polar surface area (TPSA) is 612 Å². The van der Waals surface area contributed by atoms with E-state index < -0.39 is 233 Å². The molecule has 33 heteroatoms. The number of carboxylic acids is 1. The monoisotopic (exact) mass is 1040 g/mol. The number of hydrogen-bond donors (Lipinski definition) is 17. The molecule has 0 fully saturated rings. The molecule has 0 saturated heterocycles. The van der Waals surface area contributed by atoms with Crippen molar-refractivity contribution in [2.24, 2.45) is 51.6 Å². The van der Waals surface area contributed by atoms with Crippen molar-refractivity contribution in [1.29, 1.82) is 0 Å². The third-order valence-corrected chi connectivity index (χ3v) is 10.2. The van der Waals surface area contributed by atoms with Crippen LogP contribution in [0.15, 0.2) is 0 Å². The first-order chi connectivity index (χ1) is 33.9. The number of rotatable bonds is 39. The molecule has 15 amide bonds. The molecular weight excluding hydrogens is 979 g/mol. The summed E-state index contributed by atoms with van der Waals surface area (Å²) in [5.74, 6) is -17.6. The van der Waals surface area contributed by atoms with E-state index >= 15 is 0 Å². The van der Waals surface area contributed by atoms with Crippen molar-refractivity contribution in [2.75, 3.05) is 0 Å². The highest BCUT2D eigenvalue weighted by molar-refractivity contribution is 5.98. The molecule has 8 atom stereocenters. The minimum atomic E-state index is -1.86. The van der Waals surface area contributed by atoms with Crippen molar-refractivity contribution >= 4 is 94.6 Å². The average Bonchev–Trinajstić information content (AvgIpc) is 3.28. The van der Waals surface area contributed by atoms with Crippen LogP contribution in [0.1, 0.15) is 103 Å². The van der Waals surface area contributed by atoms with Gasteiger partial charge < -0.3 is 93.9 Å². The zero-order valence-electron chi connectivity index (χ0n) is 39.6. The third kappa shape index (κ3) is 28.7. The molecule has 0 bridgehead atoms. The highest BCUT2D eigenvalue weighted by atomic mass is 16.4. The summed E-state index contributed by atoms with van der Waals surface area (Å²) in [5.41, 5.74) is 47.6. The molecule has 408 valence electrons. The number of aliphatic carboxylic acids is 1. The molecule has 0 saturated carbocycles. The number of nitrogens with two attached hydrogens (primary N) is 9. The van der Waals surface area contributed by atoms with E-state index in [1.54, 1.807) is 0 Å². The molecule has 0 aliphatic heterocycles. The van der Waals surface area contributed by atoms with Crippen LogP contribution >= 0.6 is 0 Å². The van der Waals surface area contributed by atoms with Crippen LogP contribution in [-0.2, 0) is 76.7 Å². The second-order valence-corrected chi connectivity index (χ2v) is 16.4. The maximum absolute atomic E-state index is 13.9. The lowest BCUT2D eigenvalue weighted by molar-refractivity contribution is -0.143. The van der Waals surface area contributed by atoms with Gasteiger partial charge in [-0.1, -0.05) is 0 Å². The quantitative estimate of drug-likeness (QED) is 0.0254. The Bertz CT molecular complexity index is 2090. The summed E-state index contributed by atoms with van der Waals surface area (Å²) in [4.78, 5) is 200. The average molecular weight is 1050 g/mol. The molecule has 0 spiro atoms. The van der Waals surface area contributed by atoms with Crippen molar-refractivity contribution in [3.8, 4) is 0 Å². The fourth-order valence-corrected chi connectivity index (χ4v) is 6.22. The van der Waals surface area contributed by atoms with Crippen LogP contribution in [0.5, 0.6) is 0 Å². The largest absolute Gasteiger partial charge is 0.480 e. The van der Waals surface area contributed by atoms with Gasteiger partial charge in [0.15, 0.2) is 0 Å². The van der Waals surface area contributed by atoms with Crippen molar-refractivity contribution in [1.82, 2.24) is 37.2 Å². The Morgan fingerprint density at radius 3 is 0.589 bits per heavy atom. The summed E-state index contributed by atoms with van der Waals surface area (Å²) in [6.45, 7) is 0. The van der Waals surface area contributed by atoms with E-state index in [2.05, 4.69) is 37.2 Å². The Morgan fingerprint density at radius 1 is 0.260 bits per heavy atom. The lowest BCUT2D eigenvalue weighted by atomic mass is 10.0. The van der Waals surface area contributed by atoms with Crippen molar-refractivity contribution < 1.29 is 81.8 Å². The van der Waals surface area contributed by atoms with Crippen molar-refractivity contribution in [3.05, 3.63) is 0 Å². The van der Waals surface area contributed by atoms with E-state index in [0.717, 1.165) is 0 Å². The molecule has 0 heterocycles. The Kier molecular flexibility index (Phi) is 29.3. The number of carbonyl (C=O) groups is 16. The van der Waals surface area contributed by atoms with E-state index in [4.69, 9.17) is 51.6 Å². The molecule has 33 nitrogen and oxygen atoms in total. The molecule has 73 heavy (non-hydrogen) atoms. The Hall–Kier alpha value is -8.52. The molecular formula is C40H66N16O17. The van der Waals surface area contributed by atoms with Crippen LogP contribution in [0, 0.1) is 0 Å². The van der Waals surface area contributed by atoms with Crippen LogP contribution < -0.4 is 88.8 Å². The summed E-state index contributed by atoms with van der Waals surface area (Å²) in [5, 5.41) is 25.1. The predicted octanol–water partition coefficient (Wildman–Crippen LogP) is -10.1. The van der Waals surface area contributed by atoms with Crippen molar-refractivity contribution in [2.45, 2.75) is 151 Å². The Balaban J connectivity index is 6.91. The number of carbonyl (C=O) groups excluding carboxylic acids is 15. The van der Waals surface area contributed by atoms with Gasteiger partial charge in [-0.3, -0.25) is 71.9 Å². The normalized spacial score (nSPS) is 14.0. The van der Waals surface area contributed by atoms with Crippen LogP contribution in [0.3, 0.4) is 0 Å². The zero-order valence-corrected chi connectivity index (χ0v) is 39.6. The molecule has 0 radical (unpaired) electrons. The first kappa shape index (κ1) is 64.5. The summed E-state index contributed by atoms with van der Waals surface area (Å²) in [7, 11) is 0. The highest BCUT2D eigenvalue weighted by Crippen LogP contribution is 2.10. The molecule has 0 aromatic rings. The van der Waals surface area contributed by atoms with Crippen LogP contribution in [0.2, 0.25) is 0 Å². The van der Waals surface area contributed by atoms with Crippen LogP contribution in [-0.4, -0.2) is 148 Å². The van der Waals surface area contributed by atoms with Crippen LogP contribution in [0.4, 0.5) is 0 Å². The number of carboxylic acid groups (broad SMARTS) is 1. The lowest BCUT2D eigenvalue weighted by Crippen LogP contribution is -2.60. The summed E-state index contributed by atoms with van der Waals surface area (Å²) in [6.07, 6.45) is -8.44. The smallest absolute Gasteiger partial charge is 0.326 e. The molecule has 0 unspecified atom stereocenters. The van der Waals surface area contributed by atoms with Gasteiger partial charge in [-0.2, -0.15) is 0 Å². The Morgan fingerprint density at radius 2 is 0.411 bits per heavy atom. The minimum absolute atomic E-state index is 0.249. The summed E-state index contributed by atoms with van der Waals surface area (Å²) >= 11 is 0. The van der Waals surface area contributed by atoms with E-state index in [0.29, 0.717) is 0 Å². The van der Waals surface area contributed by atoms with Gasteiger partial charge in [-0.15, -0.1) is 0 Å². The number of amides is 15. The fourth-order valence-electron chi connectivity index (χ4n) is 6.22. The number of primary amides is 8. The lowest BCUT2D eigenvalue weighted by Gasteiger charge is -2.28. The second kappa shape index (κ2) is 33.1. The highest BCUT2D eigenvalue weighted by Gasteiger charge is 2.35. The first-order valence-electron chi connectivity index (χ1n) is 22.3. The zero-order chi connectivity index (χ0) is 56.1. The molecule has 26 N–H and O–H groups in total. The van der Waals surface area contributed by atoms with E-state index in [1.807, 2.05) is 0 Å². The van der Waals surface area contributed by atoms with Gasteiger partial charge in [-0.05, 0) is 51.4 Å². The van der Waals surface area contributed by atoms with Crippen molar-refractivity contribution in [3.63, 3.8) is 0 Å². The van der Waals surface area contributed by atoms with E-state index in [-0.39, 0.29) is 12.8 Å². The molecule has 0 aliphatic carbocycles. The van der Waals surface area contributed by atoms with Gasteiger partial charge in [0.1, 0.15) is 42.3 Å². The molecule has 0 aromatic carbocycles. The van der Waals surface area contributed by atoms with Gasteiger partial charge in [-0.25, -0.2) is 4.79 Å². The third-order valence-electron chi connectivity index (χ3n) is 10.2. The number of nitrogens with one attached hydrogen (secondary N) is 7. The Labute approximate surface area is 415 Å². The SMILES string of the molecule is NC(=O)CC[C@H](NC(=O)[C@H](CCC(N)=O)NC(=O)[C@H](CCC(N)=O)NC(=O)[C@H](CCC(N)=O)NC(=O)[C@H](CCC(N)=O)N[13C](=O)[13C@H](CCC(N)=O)NC(=O)[C@H](CCC(N)=O)NC(=O)[C@@H](N)CCC(N)=O)C(=O)O. The number of hydrogen-bond acceptors (Lipinski definition) is 17. The summed E-state index contributed by atoms with van der Waals surface area (Å²) < 4.78 is 0. The minimum Gasteiger partial charge on any atom is -0.480 e. The first-order valence-corrected chi connectivity index (χ1v) is 22.3. The summed E-state index contributed by atoms with van der Waals surface area (Å²) in [6, 6.07) is -13.8. The molecule has 0 rings (SSSR count). The van der Waals surface area contributed by atoms with Gasteiger partial charge >= 0.3 is 5.97 Å². The van der Waals surface area contributed by atoms with Gasteiger partial charge in [0.05, 0.1) is 6.04 Å². The fraction of sp³-hybridized carbons (Fsp3) is 0.600.